The Labute approximate surface area is 95.9 Å². The lowest BCUT2D eigenvalue weighted by Crippen LogP contribution is -2.44. The van der Waals surface area contributed by atoms with Crippen molar-refractivity contribution in [3.63, 3.8) is 0 Å². The second kappa shape index (κ2) is 3.61. The fourth-order valence-electron chi connectivity index (χ4n) is 1.93. The van der Waals surface area contributed by atoms with Crippen LogP contribution in [0.25, 0.3) is 0 Å². The zero-order valence-electron chi connectivity index (χ0n) is 7.98. The van der Waals surface area contributed by atoms with Crippen LogP contribution in [0.4, 0.5) is 0 Å². The highest BCUT2D eigenvalue weighted by Gasteiger charge is 2.47. The Hall–Kier alpha value is -0.870. The van der Waals surface area contributed by atoms with Gasteiger partial charge in [-0.2, -0.15) is 0 Å². The Morgan fingerprint density at radius 1 is 1.33 bits per heavy atom. The summed E-state index contributed by atoms with van der Waals surface area (Å²) in [5.74, 6) is -1.23. The number of carboxylic acid groups (broad SMARTS) is 1. The highest BCUT2D eigenvalue weighted by atomic mass is 79.9. The Bertz CT molecular complexity index is 379. The fourth-order valence-corrected chi connectivity index (χ4v) is 2.19. The third-order valence-electron chi connectivity index (χ3n) is 2.90. The van der Waals surface area contributed by atoms with Crippen molar-refractivity contribution in [2.45, 2.75) is 18.4 Å². The minimum absolute atomic E-state index is 0.309. The standard InChI is InChI=1S/C11H11BrO3/c12-9-3-1-8(2-4-9)11(15)5-7(6-11)10(13)14/h1-4,7,15H,5-6H2,(H,13,14). The predicted molar refractivity (Wildman–Crippen MR) is 58.4 cm³/mol. The molecule has 1 aromatic carbocycles. The van der Waals surface area contributed by atoms with E-state index in [0.717, 1.165) is 10.0 Å². The van der Waals surface area contributed by atoms with Gasteiger partial charge in [0.1, 0.15) is 0 Å². The van der Waals surface area contributed by atoms with Gasteiger partial charge >= 0.3 is 5.97 Å². The summed E-state index contributed by atoms with van der Waals surface area (Å²) in [6.07, 6.45) is 0.619. The number of aliphatic hydroxyl groups is 1. The average Bonchev–Trinajstić information content (AvgIpc) is 2.13. The number of carbonyl (C=O) groups is 1. The number of halogens is 1. The summed E-state index contributed by atoms with van der Waals surface area (Å²) in [7, 11) is 0. The lowest BCUT2D eigenvalue weighted by Gasteiger charge is -2.41. The predicted octanol–water partition coefficient (Wildman–Crippen LogP) is 2.13. The molecule has 1 aromatic rings. The average molecular weight is 271 g/mol. The molecule has 0 spiro atoms. The molecule has 1 fully saturated rings. The molecule has 0 unspecified atom stereocenters. The SMILES string of the molecule is O=C(O)C1CC(O)(c2ccc(Br)cc2)C1. The highest BCUT2D eigenvalue weighted by molar-refractivity contribution is 9.10. The van der Waals surface area contributed by atoms with Gasteiger partial charge in [-0.3, -0.25) is 4.79 Å². The van der Waals surface area contributed by atoms with Gasteiger partial charge in [0.2, 0.25) is 0 Å². The number of aliphatic carboxylic acids is 1. The van der Waals surface area contributed by atoms with Gasteiger partial charge in [0, 0.05) is 4.47 Å². The summed E-state index contributed by atoms with van der Waals surface area (Å²) in [6.45, 7) is 0. The zero-order chi connectivity index (χ0) is 11.1. The molecule has 0 saturated heterocycles. The quantitative estimate of drug-likeness (QED) is 0.866. The summed E-state index contributed by atoms with van der Waals surface area (Å²) >= 11 is 3.31. The molecule has 0 aliphatic heterocycles. The third kappa shape index (κ3) is 1.92. The molecule has 0 heterocycles. The first-order chi connectivity index (χ1) is 7.01. The molecule has 4 heteroatoms. The van der Waals surface area contributed by atoms with Crippen LogP contribution >= 0.6 is 15.9 Å². The summed E-state index contributed by atoms with van der Waals surface area (Å²) in [5, 5.41) is 18.9. The lowest BCUT2D eigenvalue weighted by molar-refractivity contribution is -0.159. The maximum Gasteiger partial charge on any atom is 0.306 e. The molecule has 1 aliphatic carbocycles. The number of hydrogen-bond donors (Lipinski definition) is 2. The number of benzene rings is 1. The molecule has 15 heavy (non-hydrogen) atoms. The molecule has 0 atom stereocenters. The largest absolute Gasteiger partial charge is 0.481 e. The zero-order valence-corrected chi connectivity index (χ0v) is 9.57. The Morgan fingerprint density at radius 2 is 1.87 bits per heavy atom. The van der Waals surface area contributed by atoms with Crippen LogP contribution < -0.4 is 0 Å². The van der Waals surface area contributed by atoms with Crippen LogP contribution in [0.15, 0.2) is 28.7 Å². The van der Waals surface area contributed by atoms with E-state index >= 15 is 0 Å². The molecular formula is C11H11BrO3. The third-order valence-corrected chi connectivity index (χ3v) is 3.43. The van der Waals surface area contributed by atoms with E-state index in [1.54, 1.807) is 0 Å². The van der Waals surface area contributed by atoms with Crippen molar-refractivity contribution in [2.75, 3.05) is 0 Å². The first kappa shape index (κ1) is 10.6. The van der Waals surface area contributed by atoms with Gasteiger partial charge in [0.25, 0.3) is 0 Å². The molecule has 3 nitrogen and oxygen atoms in total. The van der Waals surface area contributed by atoms with E-state index in [-0.39, 0.29) is 0 Å². The fraction of sp³-hybridized carbons (Fsp3) is 0.364. The Kier molecular flexibility index (Phi) is 2.56. The van der Waals surface area contributed by atoms with Gasteiger partial charge in [-0.25, -0.2) is 0 Å². The van der Waals surface area contributed by atoms with E-state index in [0.29, 0.717) is 12.8 Å². The minimum Gasteiger partial charge on any atom is -0.481 e. The van der Waals surface area contributed by atoms with Crippen LogP contribution in [0, 0.1) is 5.92 Å². The number of hydrogen-bond acceptors (Lipinski definition) is 2. The van der Waals surface area contributed by atoms with E-state index in [9.17, 15) is 9.90 Å². The molecule has 1 saturated carbocycles. The van der Waals surface area contributed by atoms with Gasteiger partial charge in [-0.1, -0.05) is 28.1 Å². The van der Waals surface area contributed by atoms with Gasteiger partial charge in [0.15, 0.2) is 0 Å². The van der Waals surface area contributed by atoms with Crippen LogP contribution in [-0.2, 0) is 10.4 Å². The van der Waals surface area contributed by atoms with Crippen molar-refractivity contribution < 1.29 is 15.0 Å². The van der Waals surface area contributed by atoms with Crippen LogP contribution in [0.3, 0.4) is 0 Å². The second-order valence-electron chi connectivity index (χ2n) is 3.98. The summed E-state index contributed by atoms with van der Waals surface area (Å²) in [5.41, 5.74) is -0.146. The summed E-state index contributed by atoms with van der Waals surface area (Å²) in [6, 6.07) is 7.34. The Morgan fingerprint density at radius 3 is 2.33 bits per heavy atom. The van der Waals surface area contributed by atoms with Crippen LogP contribution in [-0.4, -0.2) is 16.2 Å². The van der Waals surface area contributed by atoms with E-state index in [1.165, 1.54) is 0 Å². The van der Waals surface area contributed by atoms with Crippen molar-refractivity contribution >= 4 is 21.9 Å². The van der Waals surface area contributed by atoms with Crippen molar-refractivity contribution in [3.8, 4) is 0 Å². The molecular weight excluding hydrogens is 260 g/mol. The normalized spacial score (nSPS) is 29.6. The van der Waals surface area contributed by atoms with Crippen molar-refractivity contribution in [1.82, 2.24) is 0 Å². The monoisotopic (exact) mass is 270 g/mol. The van der Waals surface area contributed by atoms with Gasteiger partial charge in [-0.05, 0) is 30.5 Å². The smallest absolute Gasteiger partial charge is 0.306 e. The van der Waals surface area contributed by atoms with E-state index in [1.807, 2.05) is 24.3 Å². The summed E-state index contributed by atoms with van der Waals surface area (Å²) in [4.78, 5) is 10.6. The van der Waals surface area contributed by atoms with Crippen LogP contribution in [0.1, 0.15) is 18.4 Å². The number of carboxylic acids is 1. The number of rotatable bonds is 2. The minimum atomic E-state index is -0.941. The van der Waals surface area contributed by atoms with E-state index in [2.05, 4.69) is 15.9 Å². The van der Waals surface area contributed by atoms with Crippen molar-refractivity contribution in [2.24, 2.45) is 5.92 Å². The first-order valence-electron chi connectivity index (χ1n) is 4.72. The topological polar surface area (TPSA) is 57.5 Å². The van der Waals surface area contributed by atoms with Crippen LogP contribution in [0.2, 0.25) is 0 Å². The van der Waals surface area contributed by atoms with Gasteiger partial charge < -0.3 is 10.2 Å². The first-order valence-corrected chi connectivity index (χ1v) is 5.52. The Balaban J connectivity index is 2.13. The summed E-state index contributed by atoms with van der Waals surface area (Å²) < 4.78 is 0.948. The second-order valence-corrected chi connectivity index (χ2v) is 4.90. The molecule has 1 aliphatic rings. The highest BCUT2D eigenvalue weighted by Crippen LogP contribution is 2.45. The molecule has 0 bridgehead atoms. The van der Waals surface area contributed by atoms with E-state index < -0.39 is 17.5 Å². The van der Waals surface area contributed by atoms with Gasteiger partial charge in [0.05, 0.1) is 11.5 Å². The van der Waals surface area contributed by atoms with Crippen molar-refractivity contribution in [3.05, 3.63) is 34.3 Å². The molecule has 0 amide bonds. The molecule has 2 N–H and O–H groups in total. The van der Waals surface area contributed by atoms with Crippen LogP contribution in [0.5, 0.6) is 0 Å². The molecule has 80 valence electrons. The van der Waals surface area contributed by atoms with E-state index in [4.69, 9.17) is 5.11 Å². The molecule has 2 rings (SSSR count). The van der Waals surface area contributed by atoms with Crippen molar-refractivity contribution in [1.29, 1.82) is 0 Å². The van der Waals surface area contributed by atoms with Gasteiger partial charge in [-0.15, -0.1) is 0 Å². The lowest BCUT2D eigenvalue weighted by atomic mass is 9.67. The maximum absolute atomic E-state index is 10.6. The maximum atomic E-state index is 10.6. The molecule has 0 radical (unpaired) electrons. The molecule has 0 aromatic heterocycles.